The topological polar surface area (TPSA) is 46.9 Å². The largest absolute Gasteiger partial charge is 0.349 e. The van der Waals surface area contributed by atoms with Gasteiger partial charge >= 0.3 is 0 Å². The van der Waals surface area contributed by atoms with Gasteiger partial charge in [-0.15, -0.1) is 0 Å². The number of nitrogens with zero attached hydrogens (tertiary/aromatic N) is 2. The number of imidazole rings is 1. The van der Waals surface area contributed by atoms with Crippen LogP contribution in [0, 0.1) is 0 Å². The quantitative estimate of drug-likeness (QED) is 0.774. The van der Waals surface area contributed by atoms with Crippen molar-refractivity contribution >= 4 is 40.1 Å². The number of carbonyl (C=O) groups is 1. The van der Waals surface area contributed by atoms with Gasteiger partial charge in [-0.05, 0) is 29.8 Å². The molecule has 0 unspecified atom stereocenters. The Hall–Kier alpha value is -2.04. The van der Waals surface area contributed by atoms with E-state index in [1.54, 1.807) is 6.07 Å². The number of nitrogens with one attached hydrogen (secondary N) is 1. The van der Waals surface area contributed by atoms with Gasteiger partial charge in [-0.2, -0.15) is 0 Å². The highest BCUT2D eigenvalue weighted by Crippen LogP contribution is 2.24. The maximum absolute atomic E-state index is 11.2. The van der Waals surface area contributed by atoms with Gasteiger partial charge < -0.3 is 9.88 Å². The Balaban J connectivity index is 2.03. The van der Waals surface area contributed by atoms with E-state index in [9.17, 15) is 4.79 Å². The first kappa shape index (κ1) is 15.8. The number of rotatable bonds is 4. The molecule has 3 rings (SSSR count). The molecule has 23 heavy (non-hydrogen) atoms. The van der Waals surface area contributed by atoms with E-state index in [4.69, 9.17) is 23.2 Å². The number of hydrogen-bond acceptors (Lipinski definition) is 2. The molecule has 0 radical (unpaired) electrons. The molecule has 4 nitrogen and oxygen atoms in total. The second-order valence-electron chi connectivity index (χ2n) is 5.25. The molecule has 1 aromatic heterocycles. The lowest BCUT2D eigenvalue weighted by molar-refractivity contribution is -0.119. The highest BCUT2D eigenvalue weighted by Gasteiger charge is 2.12. The summed E-state index contributed by atoms with van der Waals surface area (Å²) in [4.78, 5) is 15.8. The van der Waals surface area contributed by atoms with Gasteiger partial charge in [0.25, 0.3) is 0 Å². The van der Waals surface area contributed by atoms with Crippen molar-refractivity contribution in [3.05, 3.63) is 63.9 Å². The number of benzene rings is 2. The van der Waals surface area contributed by atoms with Gasteiger partial charge in [-0.1, -0.05) is 41.4 Å². The minimum Gasteiger partial charge on any atom is -0.349 e. The third-order valence-corrected chi connectivity index (χ3v) is 4.16. The first-order valence-corrected chi connectivity index (χ1v) is 7.92. The molecular weight excluding hydrogens is 333 g/mol. The minimum atomic E-state index is -0.0897. The predicted octanol–water partition coefficient (Wildman–Crippen LogP) is 4.03. The maximum Gasteiger partial charge on any atom is 0.217 e. The average Bonchev–Trinajstić information content (AvgIpc) is 2.86. The standard InChI is InChI=1S/C17H15Cl2N3O/c1-11(23)20-9-17-21-15-4-2-3-5-16(15)22(17)10-12-6-7-13(18)8-14(12)19/h2-8H,9-10H2,1H3,(H,20,23). The molecule has 6 heteroatoms. The molecule has 1 N–H and O–H groups in total. The fourth-order valence-electron chi connectivity index (χ4n) is 2.46. The van der Waals surface area contributed by atoms with Gasteiger partial charge in [-0.25, -0.2) is 4.98 Å². The molecule has 2 aromatic carbocycles. The molecule has 118 valence electrons. The van der Waals surface area contributed by atoms with E-state index >= 15 is 0 Å². The van der Waals surface area contributed by atoms with Gasteiger partial charge in [0, 0.05) is 17.0 Å². The highest BCUT2D eigenvalue weighted by atomic mass is 35.5. The summed E-state index contributed by atoms with van der Waals surface area (Å²) in [5.74, 6) is 0.695. The normalized spacial score (nSPS) is 10.9. The van der Waals surface area contributed by atoms with E-state index in [0.29, 0.717) is 23.1 Å². The van der Waals surface area contributed by atoms with E-state index in [1.165, 1.54) is 6.92 Å². The summed E-state index contributed by atoms with van der Waals surface area (Å²) in [6.45, 7) is 2.42. The number of hydrogen-bond donors (Lipinski definition) is 1. The van der Waals surface area contributed by atoms with Crippen LogP contribution in [-0.4, -0.2) is 15.5 Å². The Morgan fingerprint density at radius 3 is 2.74 bits per heavy atom. The lowest BCUT2D eigenvalue weighted by Crippen LogP contribution is -2.22. The number of para-hydroxylation sites is 2. The first-order chi connectivity index (χ1) is 11.0. The van der Waals surface area contributed by atoms with E-state index in [-0.39, 0.29) is 5.91 Å². The fourth-order valence-corrected chi connectivity index (χ4v) is 2.93. The number of halogens is 2. The van der Waals surface area contributed by atoms with Crippen LogP contribution in [0.5, 0.6) is 0 Å². The van der Waals surface area contributed by atoms with Crippen LogP contribution in [0.3, 0.4) is 0 Å². The van der Waals surface area contributed by atoms with Gasteiger partial charge in [0.05, 0.1) is 24.1 Å². The number of aromatic nitrogens is 2. The molecule has 0 spiro atoms. The molecular formula is C17H15Cl2N3O. The van der Waals surface area contributed by atoms with Crippen molar-refractivity contribution in [3.8, 4) is 0 Å². The van der Waals surface area contributed by atoms with Gasteiger partial charge in [0.2, 0.25) is 5.91 Å². The molecule has 0 aliphatic heterocycles. The Labute approximate surface area is 144 Å². The number of amides is 1. The van der Waals surface area contributed by atoms with Crippen molar-refractivity contribution < 1.29 is 4.79 Å². The van der Waals surface area contributed by atoms with E-state index < -0.39 is 0 Å². The minimum absolute atomic E-state index is 0.0897. The molecule has 0 saturated carbocycles. The van der Waals surface area contributed by atoms with Crippen LogP contribution in [0.4, 0.5) is 0 Å². The Morgan fingerprint density at radius 2 is 2.00 bits per heavy atom. The average molecular weight is 348 g/mol. The molecule has 0 bridgehead atoms. The summed E-state index contributed by atoms with van der Waals surface area (Å²) in [5.41, 5.74) is 2.83. The van der Waals surface area contributed by atoms with Crippen molar-refractivity contribution in [2.45, 2.75) is 20.0 Å². The molecule has 0 saturated heterocycles. The smallest absolute Gasteiger partial charge is 0.217 e. The second kappa shape index (κ2) is 6.60. The SMILES string of the molecule is CC(=O)NCc1nc2ccccc2n1Cc1ccc(Cl)cc1Cl. The predicted molar refractivity (Wildman–Crippen MR) is 92.8 cm³/mol. The zero-order valence-corrected chi connectivity index (χ0v) is 14.0. The monoisotopic (exact) mass is 347 g/mol. The fraction of sp³-hybridized carbons (Fsp3) is 0.176. The van der Waals surface area contributed by atoms with Crippen LogP contribution in [0.2, 0.25) is 10.0 Å². The summed E-state index contributed by atoms with van der Waals surface area (Å²) in [7, 11) is 0. The number of carbonyl (C=O) groups excluding carboxylic acids is 1. The molecule has 0 atom stereocenters. The van der Waals surface area contributed by atoms with Gasteiger partial charge in [0.15, 0.2) is 0 Å². The molecule has 1 heterocycles. The molecule has 0 aliphatic rings. The van der Waals surface area contributed by atoms with Crippen molar-refractivity contribution in [2.24, 2.45) is 0 Å². The second-order valence-corrected chi connectivity index (χ2v) is 6.09. The van der Waals surface area contributed by atoms with Crippen LogP contribution < -0.4 is 5.32 Å². The summed E-state index contributed by atoms with van der Waals surface area (Å²) in [6.07, 6.45) is 0. The van der Waals surface area contributed by atoms with Crippen molar-refractivity contribution in [1.82, 2.24) is 14.9 Å². The van der Waals surface area contributed by atoms with Crippen LogP contribution >= 0.6 is 23.2 Å². The van der Waals surface area contributed by atoms with E-state index in [1.807, 2.05) is 36.4 Å². The zero-order chi connectivity index (χ0) is 16.4. The van der Waals surface area contributed by atoms with Gasteiger partial charge in [-0.3, -0.25) is 4.79 Å². The van der Waals surface area contributed by atoms with E-state index in [0.717, 1.165) is 22.4 Å². The maximum atomic E-state index is 11.2. The third-order valence-electron chi connectivity index (χ3n) is 3.57. The van der Waals surface area contributed by atoms with Crippen molar-refractivity contribution in [1.29, 1.82) is 0 Å². The molecule has 0 aliphatic carbocycles. The highest BCUT2D eigenvalue weighted by molar-refractivity contribution is 6.35. The van der Waals surface area contributed by atoms with Crippen molar-refractivity contribution in [3.63, 3.8) is 0 Å². The first-order valence-electron chi connectivity index (χ1n) is 7.17. The van der Waals surface area contributed by atoms with Gasteiger partial charge in [0.1, 0.15) is 5.82 Å². The number of fused-ring (bicyclic) bond motifs is 1. The lowest BCUT2D eigenvalue weighted by Gasteiger charge is -2.11. The Kier molecular flexibility index (Phi) is 4.55. The summed E-state index contributed by atoms with van der Waals surface area (Å²) >= 11 is 12.2. The zero-order valence-electron chi connectivity index (χ0n) is 12.5. The van der Waals surface area contributed by atoms with Crippen LogP contribution in [0.1, 0.15) is 18.3 Å². The molecule has 3 aromatic rings. The molecule has 1 amide bonds. The molecule has 0 fully saturated rings. The van der Waals surface area contributed by atoms with Crippen molar-refractivity contribution in [2.75, 3.05) is 0 Å². The lowest BCUT2D eigenvalue weighted by atomic mass is 10.2. The van der Waals surface area contributed by atoms with E-state index in [2.05, 4.69) is 14.9 Å². The Bertz CT molecular complexity index is 873. The summed E-state index contributed by atoms with van der Waals surface area (Å²) < 4.78 is 2.06. The summed E-state index contributed by atoms with van der Waals surface area (Å²) in [5, 5.41) is 4.01. The Morgan fingerprint density at radius 1 is 1.22 bits per heavy atom. The van der Waals surface area contributed by atoms with Crippen LogP contribution in [0.15, 0.2) is 42.5 Å². The summed E-state index contributed by atoms with van der Waals surface area (Å²) in [6, 6.07) is 13.3. The van der Waals surface area contributed by atoms with Crippen LogP contribution in [-0.2, 0) is 17.9 Å². The third kappa shape index (κ3) is 3.49. The van der Waals surface area contributed by atoms with Crippen LogP contribution in [0.25, 0.3) is 11.0 Å².